The van der Waals surface area contributed by atoms with Crippen molar-refractivity contribution in [1.82, 2.24) is 10.2 Å². The number of rotatable bonds is 10. The molecule has 0 saturated heterocycles. The van der Waals surface area contributed by atoms with Crippen molar-refractivity contribution >= 4 is 11.8 Å². The number of hydrogen-bond acceptors (Lipinski definition) is 3. The first-order chi connectivity index (χ1) is 16.4. The molecular formula is C29H34N2O3. The molecule has 34 heavy (non-hydrogen) atoms. The molecular weight excluding hydrogens is 424 g/mol. The van der Waals surface area contributed by atoms with Crippen molar-refractivity contribution in [3.63, 3.8) is 0 Å². The molecule has 0 aliphatic carbocycles. The Morgan fingerprint density at radius 2 is 1.62 bits per heavy atom. The van der Waals surface area contributed by atoms with Crippen LogP contribution in [0.3, 0.4) is 0 Å². The predicted octanol–water partition coefficient (Wildman–Crippen LogP) is 4.77. The summed E-state index contributed by atoms with van der Waals surface area (Å²) in [5.41, 5.74) is 5.11. The molecule has 1 N–H and O–H groups in total. The molecule has 3 aromatic rings. The Labute approximate surface area is 202 Å². The molecule has 0 aliphatic heterocycles. The van der Waals surface area contributed by atoms with Gasteiger partial charge in [-0.1, -0.05) is 66.7 Å². The normalized spacial score (nSPS) is 11.5. The second-order valence-corrected chi connectivity index (χ2v) is 8.61. The predicted molar refractivity (Wildman–Crippen MR) is 136 cm³/mol. The van der Waals surface area contributed by atoms with Crippen molar-refractivity contribution < 1.29 is 14.3 Å². The second-order valence-electron chi connectivity index (χ2n) is 8.61. The zero-order valence-electron chi connectivity index (χ0n) is 20.5. The summed E-state index contributed by atoms with van der Waals surface area (Å²) in [5, 5.41) is 2.92. The van der Waals surface area contributed by atoms with E-state index in [2.05, 4.69) is 5.32 Å². The second kappa shape index (κ2) is 12.0. The molecule has 1 unspecified atom stereocenters. The first-order valence-corrected chi connectivity index (χ1v) is 11.7. The molecule has 5 nitrogen and oxygen atoms in total. The monoisotopic (exact) mass is 458 g/mol. The van der Waals surface area contributed by atoms with Gasteiger partial charge in [0.15, 0.2) is 6.61 Å². The largest absolute Gasteiger partial charge is 0.483 e. The van der Waals surface area contributed by atoms with Gasteiger partial charge in [-0.15, -0.1) is 0 Å². The van der Waals surface area contributed by atoms with Crippen molar-refractivity contribution in [3.8, 4) is 5.75 Å². The number of carbonyl (C=O) groups excluding carboxylic acids is 2. The van der Waals surface area contributed by atoms with Gasteiger partial charge in [-0.05, 0) is 61.6 Å². The van der Waals surface area contributed by atoms with Gasteiger partial charge in [0.05, 0.1) is 0 Å². The topological polar surface area (TPSA) is 58.6 Å². The highest BCUT2D eigenvalue weighted by atomic mass is 16.5. The highest BCUT2D eigenvalue weighted by Gasteiger charge is 2.30. The zero-order valence-corrected chi connectivity index (χ0v) is 20.5. The van der Waals surface area contributed by atoms with Crippen LogP contribution in [0.5, 0.6) is 5.75 Å². The third-order valence-electron chi connectivity index (χ3n) is 5.92. The number of nitrogens with one attached hydrogen (secondary N) is 1. The van der Waals surface area contributed by atoms with E-state index in [0.29, 0.717) is 25.3 Å². The minimum absolute atomic E-state index is 0.138. The van der Waals surface area contributed by atoms with E-state index in [1.165, 1.54) is 0 Å². The van der Waals surface area contributed by atoms with Crippen LogP contribution >= 0.6 is 0 Å². The van der Waals surface area contributed by atoms with Crippen LogP contribution in [0.4, 0.5) is 0 Å². The summed E-state index contributed by atoms with van der Waals surface area (Å²) in [7, 11) is 0. The molecule has 0 saturated carbocycles. The lowest BCUT2D eigenvalue weighted by Gasteiger charge is -2.32. The van der Waals surface area contributed by atoms with Crippen LogP contribution in [0.25, 0.3) is 0 Å². The molecule has 3 aromatic carbocycles. The first kappa shape index (κ1) is 25.0. The van der Waals surface area contributed by atoms with Gasteiger partial charge in [0.1, 0.15) is 11.8 Å². The van der Waals surface area contributed by atoms with Crippen LogP contribution in [0.15, 0.2) is 72.8 Å². The molecule has 0 aliphatic rings. The van der Waals surface area contributed by atoms with E-state index in [1.54, 1.807) is 4.90 Å². The molecule has 0 bridgehead atoms. The number of likely N-dealkylation sites (N-methyl/N-ethyl adjacent to an activating group) is 1. The molecule has 0 fully saturated rings. The Morgan fingerprint density at radius 3 is 2.32 bits per heavy atom. The van der Waals surface area contributed by atoms with E-state index in [9.17, 15) is 9.59 Å². The summed E-state index contributed by atoms with van der Waals surface area (Å²) in [5.74, 6) is 0.290. The minimum Gasteiger partial charge on any atom is -0.483 e. The number of hydrogen-bond donors (Lipinski definition) is 1. The van der Waals surface area contributed by atoms with Gasteiger partial charge in [-0.2, -0.15) is 0 Å². The van der Waals surface area contributed by atoms with Crippen molar-refractivity contribution in [2.24, 2.45) is 0 Å². The van der Waals surface area contributed by atoms with E-state index in [4.69, 9.17) is 4.74 Å². The Morgan fingerprint density at radius 1 is 0.912 bits per heavy atom. The van der Waals surface area contributed by atoms with Crippen LogP contribution in [-0.4, -0.2) is 35.9 Å². The minimum atomic E-state index is -0.656. The van der Waals surface area contributed by atoms with E-state index in [-0.39, 0.29) is 18.4 Å². The highest BCUT2D eigenvalue weighted by molar-refractivity contribution is 5.88. The average molecular weight is 459 g/mol. The maximum Gasteiger partial charge on any atom is 0.261 e. The maximum absolute atomic E-state index is 13.6. The van der Waals surface area contributed by atoms with E-state index in [0.717, 1.165) is 27.8 Å². The van der Waals surface area contributed by atoms with Crippen LogP contribution < -0.4 is 10.1 Å². The van der Waals surface area contributed by atoms with Crippen LogP contribution in [-0.2, 0) is 22.6 Å². The van der Waals surface area contributed by atoms with Crippen molar-refractivity contribution in [2.45, 2.75) is 46.7 Å². The van der Waals surface area contributed by atoms with Crippen molar-refractivity contribution in [2.75, 3.05) is 13.2 Å². The van der Waals surface area contributed by atoms with Gasteiger partial charge in [0.2, 0.25) is 5.91 Å². The molecule has 1 atom stereocenters. The van der Waals surface area contributed by atoms with Gasteiger partial charge in [-0.3, -0.25) is 9.59 Å². The standard InChI is InChI=1S/C29H34N2O3/c1-5-30-29(33)26(18-24-12-7-6-8-13-24)31(19-25-14-10-9-11-22(25)3)28(32)20-34-27-17-21(2)15-16-23(27)4/h6-17,26H,5,18-20H2,1-4H3,(H,30,33). The molecule has 0 radical (unpaired) electrons. The third-order valence-corrected chi connectivity index (χ3v) is 5.92. The molecule has 3 rings (SSSR count). The Bertz CT molecular complexity index is 1110. The van der Waals surface area contributed by atoms with E-state index < -0.39 is 6.04 Å². The lowest BCUT2D eigenvalue weighted by atomic mass is 10.0. The number of benzene rings is 3. The lowest BCUT2D eigenvalue weighted by Crippen LogP contribution is -2.51. The molecule has 0 aromatic heterocycles. The van der Waals surface area contributed by atoms with Crippen LogP contribution in [0, 0.1) is 20.8 Å². The summed E-state index contributed by atoms with van der Waals surface area (Å²) in [6.07, 6.45) is 0.424. The number of carbonyl (C=O) groups is 2. The van der Waals surface area contributed by atoms with E-state index in [1.807, 2.05) is 100 Å². The van der Waals surface area contributed by atoms with Gasteiger partial charge in [0, 0.05) is 19.5 Å². The van der Waals surface area contributed by atoms with Crippen LogP contribution in [0.1, 0.15) is 34.7 Å². The molecule has 178 valence electrons. The lowest BCUT2D eigenvalue weighted by molar-refractivity contribution is -0.142. The first-order valence-electron chi connectivity index (χ1n) is 11.7. The maximum atomic E-state index is 13.6. The Balaban J connectivity index is 1.92. The number of aryl methyl sites for hydroxylation is 3. The fourth-order valence-electron chi connectivity index (χ4n) is 3.90. The summed E-state index contributed by atoms with van der Waals surface area (Å²) >= 11 is 0. The zero-order chi connectivity index (χ0) is 24.5. The summed E-state index contributed by atoms with van der Waals surface area (Å²) in [6.45, 7) is 8.53. The van der Waals surface area contributed by atoms with E-state index >= 15 is 0 Å². The summed E-state index contributed by atoms with van der Waals surface area (Å²) in [4.78, 5) is 28.4. The average Bonchev–Trinajstić information content (AvgIpc) is 2.83. The van der Waals surface area contributed by atoms with Gasteiger partial charge >= 0.3 is 0 Å². The molecule has 2 amide bonds. The van der Waals surface area contributed by atoms with Crippen LogP contribution in [0.2, 0.25) is 0 Å². The van der Waals surface area contributed by atoms with Gasteiger partial charge < -0.3 is 15.0 Å². The quantitative estimate of drug-likeness (QED) is 0.476. The highest BCUT2D eigenvalue weighted by Crippen LogP contribution is 2.21. The number of ether oxygens (including phenoxy) is 1. The van der Waals surface area contributed by atoms with Crippen molar-refractivity contribution in [1.29, 1.82) is 0 Å². The van der Waals surface area contributed by atoms with Gasteiger partial charge in [-0.25, -0.2) is 0 Å². The summed E-state index contributed by atoms with van der Waals surface area (Å²) < 4.78 is 5.95. The Hall–Kier alpha value is -3.60. The van der Waals surface area contributed by atoms with Crippen molar-refractivity contribution in [3.05, 3.63) is 101 Å². The third kappa shape index (κ3) is 6.70. The van der Waals surface area contributed by atoms with Gasteiger partial charge in [0.25, 0.3) is 5.91 Å². The summed E-state index contributed by atoms with van der Waals surface area (Å²) in [6, 6.07) is 23.0. The Kier molecular flexibility index (Phi) is 8.86. The fourth-order valence-corrected chi connectivity index (χ4v) is 3.90. The smallest absolute Gasteiger partial charge is 0.261 e. The molecule has 0 spiro atoms. The molecule has 5 heteroatoms. The molecule has 0 heterocycles. The number of nitrogens with zero attached hydrogens (tertiary/aromatic N) is 1. The fraction of sp³-hybridized carbons (Fsp3) is 0.310. The number of amides is 2. The SMILES string of the molecule is CCNC(=O)C(Cc1ccccc1)N(Cc1ccccc1C)C(=O)COc1cc(C)ccc1C.